The molecule has 0 spiro atoms. The quantitative estimate of drug-likeness (QED) is 0.757. The molecule has 2 heterocycles. The van der Waals surface area contributed by atoms with E-state index in [0.29, 0.717) is 5.82 Å². The molecule has 0 fully saturated rings. The minimum atomic E-state index is -0.591. The number of aromatic nitrogens is 3. The second-order valence-electron chi connectivity index (χ2n) is 3.56. The van der Waals surface area contributed by atoms with Gasteiger partial charge in [-0.1, -0.05) is 0 Å². The molecule has 0 radical (unpaired) electrons. The molecule has 0 unspecified atom stereocenters. The maximum absolute atomic E-state index is 13.3. The van der Waals surface area contributed by atoms with E-state index in [4.69, 9.17) is 0 Å². The van der Waals surface area contributed by atoms with Crippen molar-refractivity contribution in [2.75, 3.05) is 0 Å². The Kier molecular flexibility index (Phi) is 3.27. The Morgan fingerprint density at radius 2 is 2.24 bits per heavy atom. The Labute approximate surface area is 98.1 Å². The summed E-state index contributed by atoms with van der Waals surface area (Å²) < 4.78 is 15.2. The number of halogens is 1. The molecule has 0 aromatic carbocycles. The molecule has 0 aliphatic heterocycles. The number of nitrogens with zero attached hydrogens (tertiary/aromatic N) is 3. The van der Waals surface area contributed by atoms with Crippen molar-refractivity contribution < 1.29 is 9.18 Å². The highest BCUT2D eigenvalue weighted by atomic mass is 19.1. The van der Waals surface area contributed by atoms with Gasteiger partial charge in [-0.05, 0) is 19.1 Å². The van der Waals surface area contributed by atoms with Crippen molar-refractivity contribution in [1.82, 2.24) is 14.5 Å². The number of rotatable bonds is 4. The number of imidazole rings is 1. The van der Waals surface area contributed by atoms with Gasteiger partial charge >= 0.3 is 0 Å². The molecular weight excluding hydrogens is 221 g/mol. The van der Waals surface area contributed by atoms with Gasteiger partial charge in [0.1, 0.15) is 11.5 Å². The van der Waals surface area contributed by atoms with Crippen LogP contribution in [-0.4, -0.2) is 20.3 Å². The van der Waals surface area contributed by atoms with Crippen LogP contribution in [-0.2, 0) is 13.0 Å². The van der Waals surface area contributed by atoms with Crippen molar-refractivity contribution in [3.05, 3.63) is 48.1 Å². The van der Waals surface area contributed by atoms with Gasteiger partial charge in [-0.15, -0.1) is 0 Å². The number of carbonyl (C=O) groups excluding carboxylic acids is 1. The number of ketones is 1. The maximum atomic E-state index is 13.3. The largest absolute Gasteiger partial charge is 0.335 e. The number of Topliss-reactive ketones (excluding diaryl/α,β-unsaturated/α-hetero) is 1. The van der Waals surface area contributed by atoms with Crippen molar-refractivity contribution in [3.8, 4) is 0 Å². The minimum absolute atomic E-state index is 0.0643. The summed E-state index contributed by atoms with van der Waals surface area (Å²) in [7, 11) is 0. The van der Waals surface area contributed by atoms with E-state index in [9.17, 15) is 9.18 Å². The van der Waals surface area contributed by atoms with Crippen LogP contribution in [0.15, 0.2) is 30.7 Å². The highest BCUT2D eigenvalue weighted by Crippen LogP contribution is 2.08. The zero-order chi connectivity index (χ0) is 12.3. The van der Waals surface area contributed by atoms with E-state index in [2.05, 4.69) is 9.97 Å². The van der Waals surface area contributed by atoms with Crippen molar-refractivity contribution in [2.24, 2.45) is 0 Å². The van der Waals surface area contributed by atoms with Crippen LogP contribution in [0.2, 0.25) is 0 Å². The monoisotopic (exact) mass is 233 g/mol. The fourth-order valence-corrected chi connectivity index (χ4v) is 1.61. The Hall–Kier alpha value is -2.04. The van der Waals surface area contributed by atoms with E-state index in [1.54, 1.807) is 12.4 Å². The van der Waals surface area contributed by atoms with Gasteiger partial charge in [0.05, 0.1) is 6.42 Å². The number of hydrogen-bond donors (Lipinski definition) is 0. The summed E-state index contributed by atoms with van der Waals surface area (Å²) in [5, 5.41) is 0. The highest BCUT2D eigenvalue weighted by Gasteiger charge is 2.15. The Bertz CT molecular complexity index is 536. The van der Waals surface area contributed by atoms with Crippen molar-refractivity contribution in [1.29, 1.82) is 0 Å². The van der Waals surface area contributed by atoms with Crippen molar-refractivity contribution in [3.63, 3.8) is 0 Å². The fourth-order valence-electron chi connectivity index (χ4n) is 1.61. The van der Waals surface area contributed by atoms with E-state index in [1.165, 1.54) is 18.3 Å². The van der Waals surface area contributed by atoms with Crippen LogP contribution in [0.3, 0.4) is 0 Å². The summed E-state index contributed by atoms with van der Waals surface area (Å²) in [6, 6.07) is 2.69. The first-order valence-corrected chi connectivity index (χ1v) is 5.36. The molecule has 0 aliphatic rings. The van der Waals surface area contributed by atoms with Crippen LogP contribution in [0, 0.1) is 5.82 Å². The van der Waals surface area contributed by atoms with Crippen LogP contribution in [0.5, 0.6) is 0 Å². The summed E-state index contributed by atoms with van der Waals surface area (Å²) in [5.41, 5.74) is -0.127. The smallest absolute Gasteiger partial charge is 0.191 e. The lowest BCUT2D eigenvalue weighted by atomic mass is 10.2. The van der Waals surface area contributed by atoms with Gasteiger partial charge in [-0.2, -0.15) is 0 Å². The zero-order valence-corrected chi connectivity index (χ0v) is 9.43. The van der Waals surface area contributed by atoms with E-state index in [-0.39, 0.29) is 17.9 Å². The van der Waals surface area contributed by atoms with Crippen LogP contribution in [0.25, 0.3) is 0 Å². The second-order valence-corrected chi connectivity index (χ2v) is 3.56. The highest BCUT2D eigenvalue weighted by molar-refractivity contribution is 5.95. The summed E-state index contributed by atoms with van der Waals surface area (Å²) in [6.45, 7) is 2.68. The van der Waals surface area contributed by atoms with E-state index in [0.717, 1.165) is 6.54 Å². The lowest BCUT2D eigenvalue weighted by molar-refractivity contribution is 0.0980. The van der Waals surface area contributed by atoms with Crippen LogP contribution >= 0.6 is 0 Å². The van der Waals surface area contributed by atoms with E-state index < -0.39 is 5.82 Å². The molecule has 2 aromatic rings. The molecule has 2 aromatic heterocycles. The topological polar surface area (TPSA) is 47.8 Å². The van der Waals surface area contributed by atoms with E-state index in [1.807, 2.05) is 11.5 Å². The molecular formula is C12H12FN3O. The first-order chi connectivity index (χ1) is 8.22. The van der Waals surface area contributed by atoms with Crippen LogP contribution in [0.1, 0.15) is 23.2 Å². The molecule has 0 N–H and O–H groups in total. The van der Waals surface area contributed by atoms with E-state index >= 15 is 0 Å². The first-order valence-electron chi connectivity index (χ1n) is 5.36. The predicted molar refractivity (Wildman–Crippen MR) is 60.1 cm³/mol. The van der Waals surface area contributed by atoms with Crippen LogP contribution in [0.4, 0.5) is 4.39 Å². The lowest BCUT2D eigenvalue weighted by Gasteiger charge is -2.04. The first kappa shape index (κ1) is 11.4. The fraction of sp³-hybridized carbons (Fsp3) is 0.250. The molecule has 0 bridgehead atoms. The normalized spacial score (nSPS) is 10.5. The molecule has 4 nitrogen and oxygen atoms in total. The average Bonchev–Trinajstić information content (AvgIpc) is 2.76. The standard InChI is InChI=1S/C12H12FN3O/c1-2-16-7-6-14-11(16)8-10(17)12-9(13)4-3-5-15-12/h3-7H,2,8H2,1H3. The van der Waals surface area contributed by atoms with Gasteiger partial charge in [0.15, 0.2) is 11.6 Å². The summed E-state index contributed by atoms with van der Waals surface area (Å²) in [5.74, 6) is -0.321. The third-order valence-electron chi connectivity index (χ3n) is 2.48. The zero-order valence-electron chi connectivity index (χ0n) is 9.43. The third kappa shape index (κ3) is 2.38. The maximum Gasteiger partial charge on any atom is 0.191 e. The van der Waals surface area contributed by atoms with Gasteiger partial charge in [0.25, 0.3) is 0 Å². The molecule has 0 amide bonds. The van der Waals surface area contributed by atoms with Crippen molar-refractivity contribution >= 4 is 5.78 Å². The number of hydrogen-bond acceptors (Lipinski definition) is 3. The Morgan fingerprint density at radius 3 is 2.94 bits per heavy atom. The van der Waals surface area contributed by atoms with Gasteiger partial charge in [0.2, 0.25) is 0 Å². The number of carbonyl (C=O) groups is 1. The lowest BCUT2D eigenvalue weighted by Crippen LogP contribution is -2.12. The Morgan fingerprint density at radius 1 is 1.41 bits per heavy atom. The predicted octanol–water partition coefficient (Wildman–Crippen LogP) is 1.86. The molecule has 0 saturated heterocycles. The second kappa shape index (κ2) is 4.86. The molecule has 2 rings (SSSR count). The number of aryl methyl sites for hydroxylation is 1. The van der Waals surface area contributed by atoms with Gasteiger partial charge in [0, 0.05) is 25.1 Å². The molecule has 0 saturated carbocycles. The molecule has 0 aliphatic carbocycles. The van der Waals surface area contributed by atoms with Gasteiger partial charge in [-0.3, -0.25) is 9.78 Å². The third-order valence-corrected chi connectivity index (χ3v) is 2.48. The minimum Gasteiger partial charge on any atom is -0.335 e. The van der Waals surface area contributed by atoms with Crippen molar-refractivity contribution in [2.45, 2.75) is 19.9 Å². The van der Waals surface area contributed by atoms with Gasteiger partial charge in [-0.25, -0.2) is 9.37 Å². The molecule has 5 heteroatoms. The SMILES string of the molecule is CCn1ccnc1CC(=O)c1ncccc1F. The number of pyridine rings is 1. The Balaban J connectivity index is 2.20. The molecule has 88 valence electrons. The average molecular weight is 233 g/mol. The molecule has 0 atom stereocenters. The van der Waals surface area contributed by atoms with Gasteiger partial charge < -0.3 is 4.57 Å². The summed E-state index contributed by atoms with van der Waals surface area (Å²) in [4.78, 5) is 19.7. The van der Waals surface area contributed by atoms with Crippen LogP contribution < -0.4 is 0 Å². The summed E-state index contributed by atoms with van der Waals surface area (Å²) >= 11 is 0. The molecule has 17 heavy (non-hydrogen) atoms. The summed E-state index contributed by atoms with van der Waals surface area (Å²) in [6.07, 6.45) is 4.88.